The fraction of sp³-hybridized carbons (Fsp3) is 0.286. The normalized spacial score (nSPS) is 11.5. The number of imidazole rings is 2. The van der Waals surface area contributed by atoms with Crippen molar-refractivity contribution < 1.29 is 0 Å². The Morgan fingerprint density at radius 1 is 0.708 bits per heavy atom. The molecule has 4 rings (SSSR count). The molecule has 0 radical (unpaired) electrons. The molecule has 0 amide bonds. The highest BCUT2D eigenvalue weighted by Gasteiger charge is 2.09. The van der Waals surface area contributed by atoms with Crippen LogP contribution in [0.2, 0.25) is 0 Å². The Morgan fingerprint density at radius 3 is 1.62 bits per heavy atom. The fourth-order valence-corrected chi connectivity index (χ4v) is 2.59. The van der Waals surface area contributed by atoms with E-state index in [1.165, 1.54) is 0 Å². The molecule has 4 aromatic heterocycles. The van der Waals surface area contributed by atoms with Crippen LogP contribution < -0.4 is 11.5 Å². The first-order valence-electron chi connectivity index (χ1n) is 7.61. The Labute approximate surface area is 136 Å². The van der Waals surface area contributed by atoms with E-state index in [4.69, 9.17) is 11.5 Å². The summed E-state index contributed by atoms with van der Waals surface area (Å²) in [5, 5.41) is 0. The predicted octanol–water partition coefficient (Wildman–Crippen LogP) is 0.749. The van der Waals surface area contributed by atoms with Gasteiger partial charge in [-0.15, -0.1) is 0 Å². The van der Waals surface area contributed by atoms with E-state index in [0.717, 1.165) is 12.8 Å². The minimum atomic E-state index is 0.424. The molecule has 0 aliphatic carbocycles. The van der Waals surface area contributed by atoms with Crippen LogP contribution in [0.3, 0.4) is 0 Å². The van der Waals surface area contributed by atoms with Crippen molar-refractivity contribution in [2.24, 2.45) is 0 Å². The summed E-state index contributed by atoms with van der Waals surface area (Å²) in [6.07, 6.45) is 6.33. The fourth-order valence-electron chi connectivity index (χ4n) is 2.59. The van der Waals surface area contributed by atoms with Gasteiger partial charge in [-0.1, -0.05) is 0 Å². The molecular weight excluding hydrogens is 308 g/mol. The Bertz CT molecular complexity index is 919. The molecule has 0 aliphatic rings. The van der Waals surface area contributed by atoms with Gasteiger partial charge in [0.15, 0.2) is 22.9 Å². The number of fused-ring (bicyclic) bond motifs is 2. The van der Waals surface area contributed by atoms with Crippen molar-refractivity contribution in [2.75, 3.05) is 11.5 Å². The monoisotopic (exact) mass is 324 g/mol. The lowest BCUT2D eigenvalue weighted by molar-refractivity contribution is 0.691. The van der Waals surface area contributed by atoms with Gasteiger partial charge in [0, 0.05) is 12.8 Å². The molecule has 24 heavy (non-hydrogen) atoms. The highest BCUT2D eigenvalue weighted by molar-refractivity contribution is 5.81. The highest BCUT2D eigenvalue weighted by atomic mass is 15.1. The number of hydrogen-bond acceptors (Lipinski definition) is 8. The minimum Gasteiger partial charge on any atom is -0.382 e. The van der Waals surface area contributed by atoms with Crippen LogP contribution in [0.5, 0.6) is 0 Å². The van der Waals surface area contributed by atoms with Crippen LogP contribution in [-0.2, 0) is 12.8 Å². The number of hydrogen-bond donors (Lipinski definition) is 4. The zero-order valence-corrected chi connectivity index (χ0v) is 12.8. The molecule has 0 spiro atoms. The maximum Gasteiger partial charge on any atom is 0.183 e. The average Bonchev–Trinajstić information content (AvgIpc) is 3.20. The van der Waals surface area contributed by atoms with Crippen LogP contribution in [-0.4, -0.2) is 39.9 Å². The largest absolute Gasteiger partial charge is 0.382 e. The number of anilines is 2. The van der Waals surface area contributed by atoms with Crippen LogP contribution in [0, 0.1) is 0 Å². The smallest absolute Gasteiger partial charge is 0.183 e. The van der Waals surface area contributed by atoms with Gasteiger partial charge in [0.25, 0.3) is 0 Å². The van der Waals surface area contributed by atoms with E-state index >= 15 is 0 Å². The maximum absolute atomic E-state index is 5.89. The number of unbranched alkanes of at least 4 members (excludes halogenated alkanes) is 1. The van der Waals surface area contributed by atoms with Crippen molar-refractivity contribution >= 4 is 34.0 Å². The third-order valence-corrected chi connectivity index (χ3v) is 3.77. The second kappa shape index (κ2) is 5.72. The summed E-state index contributed by atoms with van der Waals surface area (Å²) in [6, 6.07) is 0. The molecule has 0 atom stereocenters. The molecule has 0 aliphatic heterocycles. The van der Waals surface area contributed by atoms with Crippen LogP contribution in [0.1, 0.15) is 24.5 Å². The molecule has 0 unspecified atom stereocenters. The van der Waals surface area contributed by atoms with E-state index in [2.05, 4.69) is 39.9 Å². The lowest BCUT2D eigenvalue weighted by atomic mass is 10.2. The number of nitrogens with two attached hydrogens (primary N) is 2. The van der Waals surface area contributed by atoms with Crippen molar-refractivity contribution in [1.82, 2.24) is 39.9 Å². The Kier molecular flexibility index (Phi) is 3.41. The Hall–Kier alpha value is -3.30. The molecular formula is C14H16N10. The van der Waals surface area contributed by atoms with E-state index in [0.29, 0.717) is 58.5 Å². The molecule has 0 aromatic carbocycles. The first-order chi connectivity index (χ1) is 11.7. The standard InChI is InChI=1S/C14H16N10/c15-11-9-13(19-5-17-9)23-7(21-11)3-1-2-4-8-22-12(16)10-14(24-8)20-6-18-10/h5-6H,1-4H2,(H3,15,17,19,21,23)(H3,16,18,20,22,24). The van der Waals surface area contributed by atoms with Gasteiger partial charge in [-0.3, -0.25) is 0 Å². The van der Waals surface area contributed by atoms with Gasteiger partial charge in [0.1, 0.15) is 22.7 Å². The van der Waals surface area contributed by atoms with Gasteiger partial charge in [-0.25, -0.2) is 29.9 Å². The number of aromatic amines is 2. The number of nitrogens with one attached hydrogen (secondary N) is 2. The number of aromatic nitrogens is 8. The van der Waals surface area contributed by atoms with E-state index in [1.807, 2.05) is 0 Å². The van der Waals surface area contributed by atoms with Crippen molar-refractivity contribution in [3.8, 4) is 0 Å². The zero-order chi connectivity index (χ0) is 16.5. The topological polar surface area (TPSA) is 161 Å². The molecule has 122 valence electrons. The molecule has 0 saturated carbocycles. The summed E-state index contributed by atoms with van der Waals surface area (Å²) in [4.78, 5) is 31.5. The molecule has 0 fully saturated rings. The maximum atomic E-state index is 5.89. The van der Waals surface area contributed by atoms with E-state index < -0.39 is 0 Å². The summed E-state index contributed by atoms with van der Waals surface area (Å²) in [6.45, 7) is 0. The quantitative estimate of drug-likeness (QED) is 0.391. The summed E-state index contributed by atoms with van der Waals surface area (Å²) in [7, 11) is 0. The Morgan fingerprint density at radius 2 is 1.17 bits per heavy atom. The number of nitrogens with zero attached hydrogens (tertiary/aromatic N) is 6. The molecule has 10 heteroatoms. The number of aryl methyl sites for hydroxylation is 2. The van der Waals surface area contributed by atoms with E-state index in [-0.39, 0.29) is 0 Å². The van der Waals surface area contributed by atoms with Gasteiger partial charge >= 0.3 is 0 Å². The third kappa shape index (κ3) is 2.57. The van der Waals surface area contributed by atoms with Gasteiger partial charge in [-0.05, 0) is 12.8 Å². The van der Waals surface area contributed by atoms with Crippen molar-refractivity contribution in [3.63, 3.8) is 0 Å². The van der Waals surface area contributed by atoms with Crippen LogP contribution in [0.15, 0.2) is 12.7 Å². The highest BCUT2D eigenvalue weighted by Crippen LogP contribution is 2.16. The van der Waals surface area contributed by atoms with Crippen molar-refractivity contribution in [3.05, 3.63) is 24.3 Å². The SMILES string of the molecule is Nc1nc(CCCCc2nc(N)c3[nH]cnc3n2)nc2nc[nH]c12. The van der Waals surface area contributed by atoms with Crippen LogP contribution >= 0.6 is 0 Å². The van der Waals surface area contributed by atoms with Gasteiger partial charge in [0.2, 0.25) is 0 Å². The zero-order valence-electron chi connectivity index (χ0n) is 12.8. The second-order valence-corrected chi connectivity index (χ2v) is 5.46. The second-order valence-electron chi connectivity index (χ2n) is 5.46. The molecule has 10 nitrogen and oxygen atoms in total. The summed E-state index contributed by atoms with van der Waals surface area (Å²) < 4.78 is 0. The molecule has 0 saturated heterocycles. The van der Waals surface area contributed by atoms with E-state index in [9.17, 15) is 0 Å². The van der Waals surface area contributed by atoms with Crippen LogP contribution in [0.25, 0.3) is 22.3 Å². The van der Waals surface area contributed by atoms with Crippen molar-refractivity contribution in [1.29, 1.82) is 0 Å². The Balaban J connectivity index is 1.39. The van der Waals surface area contributed by atoms with Crippen molar-refractivity contribution in [2.45, 2.75) is 25.7 Å². The molecule has 6 N–H and O–H groups in total. The molecule has 4 heterocycles. The third-order valence-electron chi connectivity index (χ3n) is 3.77. The molecule has 4 aromatic rings. The average molecular weight is 324 g/mol. The van der Waals surface area contributed by atoms with Crippen LogP contribution in [0.4, 0.5) is 11.6 Å². The van der Waals surface area contributed by atoms with Gasteiger partial charge in [0.05, 0.1) is 12.7 Å². The lowest BCUT2D eigenvalue weighted by Gasteiger charge is -2.03. The summed E-state index contributed by atoms with van der Waals surface area (Å²) >= 11 is 0. The number of nitrogen functional groups attached to an aromatic ring is 2. The first kappa shape index (κ1) is 14.3. The number of H-pyrrole nitrogens is 2. The first-order valence-corrected chi connectivity index (χ1v) is 7.61. The van der Waals surface area contributed by atoms with Gasteiger partial charge < -0.3 is 21.4 Å². The molecule has 0 bridgehead atoms. The number of rotatable bonds is 5. The summed E-state index contributed by atoms with van der Waals surface area (Å²) in [5.41, 5.74) is 14.3. The lowest BCUT2D eigenvalue weighted by Crippen LogP contribution is -2.03. The predicted molar refractivity (Wildman–Crippen MR) is 88.8 cm³/mol. The van der Waals surface area contributed by atoms with Gasteiger partial charge in [-0.2, -0.15) is 0 Å². The minimum absolute atomic E-state index is 0.424. The van der Waals surface area contributed by atoms with E-state index in [1.54, 1.807) is 12.7 Å². The summed E-state index contributed by atoms with van der Waals surface area (Å²) in [5.74, 6) is 2.23.